The number of likely N-dealkylation sites (N-methyl/N-ethyl adjacent to an activating group) is 1. The highest BCUT2D eigenvalue weighted by Crippen LogP contribution is 2.28. The largest absolute Gasteiger partial charge is 0.497 e. The summed E-state index contributed by atoms with van der Waals surface area (Å²) < 4.78 is 10.8. The summed E-state index contributed by atoms with van der Waals surface area (Å²) in [6.07, 6.45) is 2.39. The predicted molar refractivity (Wildman–Crippen MR) is 113 cm³/mol. The van der Waals surface area contributed by atoms with Crippen LogP contribution < -0.4 is 15.4 Å². The number of nitrogens with one attached hydrogen (secondary N) is 2. The molecule has 2 aromatic rings. The first-order valence-electron chi connectivity index (χ1n) is 10.3. The molecule has 7 nitrogen and oxygen atoms in total. The number of aromatic nitrogens is 1. The molecule has 3 rings (SSSR count). The second-order valence-electron chi connectivity index (χ2n) is 7.99. The summed E-state index contributed by atoms with van der Waals surface area (Å²) in [6, 6.07) is 9.75. The van der Waals surface area contributed by atoms with Gasteiger partial charge in [-0.15, -0.1) is 0 Å². The monoisotopic (exact) mass is 400 g/mol. The molecule has 0 bridgehead atoms. The molecule has 7 heteroatoms. The normalized spacial score (nSPS) is 19.3. The highest BCUT2D eigenvalue weighted by molar-refractivity contribution is 5.76. The van der Waals surface area contributed by atoms with Gasteiger partial charge in [0.1, 0.15) is 5.75 Å². The van der Waals surface area contributed by atoms with E-state index in [1.165, 1.54) is 0 Å². The van der Waals surface area contributed by atoms with Gasteiger partial charge in [-0.2, -0.15) is 0 Å². The highest BCUT2D eigenvalue weighted by Gasteiger charge is 2.28. The lowest BCUT2D eigenvalue weighted by atomic mass is 9.81. The Morgan fingerprint density at radius 3 is 2.83 bits per heavy atom. The maximum absolute atomic E-state index is 12.3. The smallest absolute Gasteiger partial charge is 0.220 e. The summed E-state index contributed by atoms with van der Waals surface area (Å²) in [7, 11) is 5.67. The number of hydrogen-bond acceptors (Lipinski definition) is 6. The van der Waals surface area contributed by atoms with Crippen LogP contribution in [0.5, 0.6) is 5.75 Å². The molecule has 1 aromatic heterocycles. The molecule has 0 spiro atoms. The van der Waals surface area contributed by atoms with Crippen molar-refractivity contribution in [2.45, 2.75) is 19.3 Å². The molecule has 158 valence electrons. The van der Waals surface area contributed by atoms with Crippen molar-refractivity contribution in [2.75, 3.05) is 47.4 Å². The molecule has 1 aromatic carbocycles. The molecule has 0 saturated carbocycles. The van der Waals surface area contributed by atoms with Gasteiger partial charge in [-0.25, -0.2) is 0 Å². The van der Waals surface area contributed by atoms with Gasteiger partial charge >= 0.3 is 0 Å². The maximum Gasteiger partial charge on any atom is 0.220 e. The number of rotatable bonds is 9. The third-order valence-corrected chi connectivity index (χ3v) is 5.50. The second kappa shape index (κ2) is 10.4. The fourth-order valence-corrected chi connectivity index (χ4v) is 3.78. The summed E-state index contributed by atoms with van der Waals surface area (Å²) in [4.78, 5) is 14.4. The molecular weight excluding hydrogens is 368 g/mol. The van der Waals surface area contributed by atoms with Crippen molar-refractivity contribution in [2.24, 2.45) is 11.8 Å². The van der Waals surface area contributed by atoms with Crippen LogP contribution in [0.15, 0.2) is 34.9 Å². The fourth-order valence-electron chi connectivity index (χ4n) is 3.78. The average molecular weight is 401 g/mol. The summed E-state index contributed by atoms with van der Waals surface area (Å²) in [5.74, 6) is 2.44. The summed E-state index contributed by atoms with van der Waals surface area (Å²) in [5, 5.41) is 10.8. The molecule has 0 aliphatic carbocycles. The van der Waals surface area contributed by atoms with Gasteiger partial charge in [-0.1, -0.05) is 5.16 Å². The van der Waals surface area contributed by atoms with Crippen molar-refractivity contribution in [1.29, 1.82) is 0 Å². The lowest BCUT2D eigenvalue weighted by Crippen LogP contribution is -2.41. The van der Waals surface area contributed by atoms with E-state index >= 15 is 0 Å². The second-order valence-corrected chi connectivity index (χ2v) is 7.99. The molecule has 1 fully saturated rings. The molecular formula is C22H32N4O3. The third-order valence-electron chi connectivity index (χ3n) is 5.50. The van der Waals surface area contributed by atoms with Crippen LogP contribution in [0.4, 0.5) is 0 Å². The van der Waals surface area contributed by atoms with Gasteiger partial charge in [0.2, 0.25) is 5.91 Å². The van der Waals surface area contributed by atoms with Crippen molar-refractivity contribution in [3.63, 3.8) is 0 Å². The number of nitrogens with zero attached hydrogens (tertiary/aromatic N) is 2. The first kappa shape index (κ1) is 21.3. The van der Waals surface area contributed by atoms with E-state index < -0.39 is 0 Å². The molecule has 29 heavy (non-hydrogen) atoms. The topological polar surface area (TPSA) is 79.6 Å². The van der Waals surface area contributed by atoms with Crippen LogP contribution in [-0.4, -0.2) is 63.3 Å². The Morgan fingerprint density at radius 2 is 2.10 bits per heavy atom. The van der Waals surface area contributed by atoms with Crippen molar-refractivity contribution in [1.82, 2.24) is 20.7 Å². The van der Waals surface area contributed by atoms with Crippen molar-refractivity contribution in [3.05, 3.63) is 36.0 Å². The first-order valence-corrected chi connectivity index (χ1v) is 10.3. The van der Waals surface area contributed by atoms with Gasteiger partial charge in [0.25, 0.3) is 0 Å². The molecule has 0 unspecified atom stereocenters. The minimum Gasteiger partial charge on any atom is -0.497 e. The number of methoxy groups -OCH3 is 1. The number of piperidine rings is 1. The van der Waals surface area contributed by atoms with Crippen molar-refractivity contribution < 1.29 is 14.1 Å². The van der Waals surface area contributed by atoms with Gasteiger partial charge in [0, 0.05) is 31.1 Å². The molecule has 0 radical (unpaired) electrons. The van der Waals surface area contributed by atoms with Gasteiger partial charge in [0.15, 0.2) is 5.76 Å². The third kappa shape index (κ3) is 6.30. The fraction of sp³-hybridized carbons (Fsp3) is 0.545. The number of amides is 1. The molecule has 1 aliphatic rings. The van der Waals surface area contributed by atoms with E-state index in [0.29, 0.717) is 24.8 Å². The lowest BCUT2D eigenvalue weighted by molar-refractivity contribution is -0.122. The summed E-state index contributed by atoms with van der Waals surface area (Å²) >= 11 is 0. The Morgan fingerprint density at radius 1 is 1.31 bits per heavy atom. The van der Waals surface area contributed by atoms with E-state index in [1.807, 2.05) is 44.4 Å². The Hall–Kier alpha value is -2.38. The number of hydrogen-bond donors (Lipinski definition) is 2. The highest BCUT2D eigenvalue weighted by atomic mass is 16.5. The molecule has 2 atom stereocenters. The van der Waals surface area contributed by atoms with Crippen LogP contribution in [0.1, 0.15) is 18.5 Å². The van der Waals surface area contributed by atoms with E-state index in [1.54, 1.807) is 7.11 Å². The van der Waals surface area contributed by atoms with E-state index in [4.69, 9.17) is 9.26 Å². The van der Waals surface area contributed by atoms with Crippen LogP contribution in [0.25, 0.3) is 11.3 Å². The average Bonchev–Trinajstić information content (AvgIpc) is 3.18. The maximum atomic E-state index is 12.3. The van der Waals surface area contributed by atoms with Crippen molar-refractivity contribution >= 4 is 5.91 Å². The van der Waals surface area contributed by atoms with Crippen LogP contribution in [0.2, 0.25) is 0 Å². The molecule has 1 aliphatic heterocycles. The van der Waals surface area contributed by atoms with Crippen molar-refractivity contribution in [3.8, 4) is 17.1 Å². The minimum atomic E-state index is 0.142. The Labute approximate surface area is 172 Å². The zero-order valence-electron chi connectivity index (χ0n) is 17.6. The lowest BCUT2D eigenvalue weighted by Gasteiger charge is -2.31. The SMILES string of the molecule is COc1ccc(-c2cc(C[C@H]3CNCC[C@@H]3CC(=O)NCCN(C)C)no2)cc1. The standard InChI is InChI=1S/C22H32N4O3/c1-26(2)11-10-24-22(27)13-17-8-9-23-15-18(17)12-19-14-21(29-25-19)16-4-6-20(28-3)7-5-16/h4-7,14,17-18,23H,8-13,15H2,1-3H3,(H,24,27)/t17-,18+/m1/s1. The van der Waals surface area contributed by atoms with E-state index in [2.05, 4.69) is 20.7 Å². The minimum absolute atomic E-state index is 0.142. The Balaban J connectivity index is 1.57. The first-order chi connectivity index (χ1) is 14.0. The number of carbonyl (C=O) groups is 1. The Bertz CT molecular complexity index is 773. The quantitative estimate of drug-likeness (QED) is 0.672. The van der Waals surface area contributed by atoms with E-state index in [-0.39, 0.29) is 5.91 Å². The van der Waals surface area contributed by atoms with Gasteiger partial charge < -0.3 is 24.8 Å². The zero-order valence-corrected chi connectivity index (χ0v) is 17.6. The number of benzene rings is 1. The number of carbonyl (C=O) groups excluding carboxylic acids is 1. The van der Waals surface area contributed by atoms with Crippen LogP contribution >= 0.6 is 0 Å². The zero-order chi connectivity index (χ0) is 20.6. The molecule has 2 N–H and O–H groups in total. The summed E-state index contributed by atoms with van der Waals surface area (Å²) in [5.41, 5.74) is 1.91. The van der Waals surface area contributed by atoms with Gasteiger partial charge in [-0.3, -0.25) is 4.79 Å². The molecule has 1 saturated heterocycles. The van der Waals surface area contributed by atoms with Crippen LogP contribution in [-0.2, 0) is 11.2 Å². The number of ether oxygens (including phenoxy) is 1. The van der Waals surface area contributed by atoms with Gasteiger partial charge in [0.05, 0.1) is 12.8 Å². The predicted octanol–water partition coefficient (Wildman–Crippen LogP) is 2.19. The van der Waals surface area contributed by atoms with E-state index in [0.717, 1.165) is 55.2 Å². The van der Waals surface area contributed by atoms with Gasteiger partial charge in [-0.05, 0) is 76.1 Å². The molecule has 2 heterocycles. The van der Waals surface area contributed by atoms with Crippen LogP contribution in [0, 0.1) is 11.8 Å². The van der Waals surface area contributed by atoms with Crippen LogP contribution in [0.3, 0.4) is 0 Å². The molecule has 1 amide bonds. The Kier molecular flexibility index (Phi) is 7.66. The summed E-state index contributed by atoms with van der Waals surface area (Å²) in [6.45, 7) is 3.41. The van der Waals surface area contributed by atoms with E-state index in [9.17, 15) is 4.79 Å².